The lowest BCUT2D eigenvalue weighted by atomic mass is 10.4. The van der Waals surface area contributed by atoms with Gasteiger partial charge in [0.05, 0.1) is 5.75 Å². The molecular weight excluding hydrogens is 212 g/mol. The Morgan fingerprint density at radius 3 is 2.53 bits per heavy atom. The Morgan fingerprint density at radius 2 is 2.00 bits per heavy atom. The van der Waals surface area contributed by atoms with Crippen molar-refractivity contribution in [2.24, 2.45) is 0 Å². The molecule has 0 saturated heterocycles. The highest BCUT2D eigenvalue weighted by Gasteiger charge is 2.19. The first-order valence-electron chi connectivity index (χ1n) is 5.57. The lowest BCUT2D eigenvalue weighted by Gasteiger charge is -2.15. The van der Waals surface area contributed by atoms with Gasteiger partial charge in [-0.05, 0) is 39.4 Å². The SMILES string of the molecule is CN(CCCNC1CC1)CCS(C)(=O)=O. The fourth-order valence-electron chi connectivity index (χ4n) is 1.38. The summed E-state index contributed by atoms with van der Waals surface area (Å²) in [4.78, 5) is 2.08. The summed E-state index contributed by atoms with van der Waals surface area (Å²) in [5, 5.41) is 3.44. The molecule has 0 aromatic carbocycles. The van der Waals surface area contributed by atoms with Crippen LogP contribution in [0.4, 0.5) is 0 Å². The summed E-state index contributed by atoms with van der Waals surface area (Å²) in [6, 6.07) is 0.770. The quantitative estimate of drug-likeness (QED) is 0.605. The Labute approximate surface area is 93.0 Å². The molecule has 5 heteroatoms. The van der Waals surface area contributed by atoms with Crippen LogP contribution in [0.15, 0.2) is 0 Å². The first kappa shape index (κ1) is 12.9. The van der Waals surface area contributed by atoms with Crippen LogP contribution in [0, 0.1) is 0 Å². The average Bonchev–Trinajstić information content (AvgIpc) is 2.91. The maximum absolute atomic E-state index is 10.9. The molecule has 4 nitrogen and oxygen atoms in total. The molecule has 1 fully saturated rings. The maximum Gasteiger partial charge on any atom is 0.148 e. The Hall–Kier alpha value is -0.130. The predicted octanol–water partition coefficient (Wildman–Crippen LogP) is 0.105. The second-order valence-corrected chi connectivity index (χ2v) is 6.77. The zero-order valence-corrected chi connectivity index (χ0v) is 10.5. The van der Waals surface area contributed by atoms with Crippen molar-refractivity contribution in [1.82, 2.24) is 10.2 Å². The molecule has 0 aromatic heterocycles. The fourth-order valence-corrected chi connectivity index (χ4v) is 2.02. The van der Waals surface area contributed by atoms with E-state index >= 15 is 0 Å². The molecule has 15 heavy (non-hydrogen) atoms. The van der Waals surface area contributed by atoms with Gasteiger partial charge in [0.2, 0.25) is 0 Å². The standard InChI is InChI=1S/C10H22N2O2S/c1-12(8-9-15(2,13)14)7-3-6-11-10-4-5-10/h10-11H,3-9H2,1-2H3. The van der Waals surface area contributed by atoms with Crippen molar-refractivity contribution in [3.8, 4) is 0 Å². The van der Waals surface area contributed by atoms with E-state index in [9.17, 15) is 8.42 Å². The number of nitrogens with one attached hydrogen (secondary N) is 1. The minimum absolute atomic E-state index is 0.263. The van der Waals surface area contributed by atoms with Crippen LogP contribution in [0.25, 0.3) is 0 Å². The molecule has 1 saturated carbocycles. The van der Waals surface area contributed by atoms with E-state index in [2.05, 4.69) is 10.2 Å². The average molecular weight is 234 g/mol. The van der Waals surface area contributed by atoms with E-state index in [1.807, 2.05) is 7.05 Å². The Bertz CT molecular complexity index is 273. The van der Waals surface area contributed by atoms with Gasteiger partial charge in [-0.15, -0.1) is 0 Å². The normalized spacial score (nSPS) is 17.3. The summed E-state index contributed by atoms with van der Waals surface area (Å²) >= 11 is 0. The van der Waals surface area contributed by atoms with Crippen LogP contribution >= 0.6 is 0 Å². The van der Waals surface area contributed by atoms with E-state index in [0.29, 0.717) is 6.54 Å². The van der Waals surface area contributed by atoms with E-state index in [1.165, 1.54) is 19.1 Å². The van der Waals surface area contributed by atoms with E-state index < -0.39 is 9.84 Å². The van der Waals surface area contributed by atoms with Crippen LogP contribution < -0.4 is 5.32 Å². The molecule has 1 rings (SSSR count). The summed E-state index contributed by atoms with van der Waals surface area (Å²) < 4.78 is 21.8. The molecule has 1 aliphatic rings. The first-order chi connectivity index (χ1) is 6.97. The van der Waals surface area contributed by atoms with Crippen LogP contribution in [0.3, 0.4) is 0 Å². The van der Waals surface area contributed by atoms with Gasteiger partial charge >= 0.3 is 0 Å². The highest BCUT2D eigenvalue weighted by molar-refractivity contribution is 7.90. The highest BCUT2D eigenvalue weighted by Crippen LogP contribution is 2.18. The fraction of sp³-hybridized carbons (Fsp3) is 1.00. The lowest BCUT2D eigenvalue weighted by molar-refractivity contribution is 0.344. The summed E-state index contributed by atoms with van der Waals surface area (Å²) in [5.41, 5.74) is 0. The second-order valence-electron chi connectivity index (χ2n) is 4.52. The van der Waals surface area contributed by atoms with Gasteiger partial charge in [-0.1, -0.05) is 0 Å². The van der Waals surface area contributed by atoms with Gasteiger partial charge in [0.1, 0.15) is 9.84 Å². The number of nitrogens with zero attached hydrogens (tertiary/aromatic N) is 1. The Balaban J connectivity index is 1.94. The molecule has 0 aliphatic heterocycles. The van der Waals surface area contributed by atoms with Crippen molar-refractivity contribution in [2.45, 2.75) is 25.3 Å². The molecular formula is C10H22N2O2S. The van der Waals surface area contributed by atoms with Crippen molar-refractivity contribution < 1.29 is 8.42 Å². The van der Waals surface area contributed by atoms with Crippen molar-refractivity contribution in [3.63, 3.8) is 0 Å². The number of rotatable bonds is 8. The molecule has 0 spiro atoms. The smallest absolute Gasteiger partial charge is 0.148 e. The van der Waals surface area contributed by atoms with Crippen LogP contribution in [-0.4, -0.2) is 58.1 Å². The van der Waals surface area contributed by atoms with Crippen molar-refractivity contribution in [3.05, 3.63) is 0 Å². The second kappa shape index (κ2) is 5.82. The molecule has 0 atom stereocenters. The third kappa shape index (κ3) is 7.76. The zero-order chi connectivity index (χ0) is 11.3. The van der Waals surface area contributed by atoms with E-state index in [-0.39, 0.29) is 5.75 Å². The molecule has 1 N–H and O–H groups in total. The predicted molar refractivity (Wildman–Crippen MR) is 62.8 cm³/mol. The topological polar surface area (TPSA) is 49.4 Å². The van der Waals surface area contributed by atoms with Gasteiger partial charge in [0, 0.05) is 18.8 Å². The summed E-state index contributed by atoms with van der Waals surface area (Å²) in [6.45, 7) is 2.66. The highest BCUT2D eigenvalue weighted by atomic mass is 32.2. The number of hydrogen-bond acceptors (Lipinski definition) is 4. The summed E-state index contributed by atoms with van der Waals surface area (Å²) in [7, 11) is -0.836. The Kier molecular flexibility index (Phi) is 5.02. The van der Waals surface area contributed by atoms with Crippen LogP contribution in [-0.2, 0) is 9.84 Å². The van der Waals surface area contributed by atoms with E-state index in [1.54, 1.807) is 0 Å². The van der Waals surface area contributed by atoms with Crippen molar-refractivity contribution >= 4 is 9.84 Å². The Morgan fingerprint density at radius 1 is 1.33 bits per heavy atom. The third-order valence-electron chi connectivity index (χ3n) is 2.57. The van der Waals surface area contributed by atoms with Gasteiger partial charge in [0.15, 0.2) is 0 Å². The summed E-state index contributed by atoms with van der Waals surface area (Å²) in [6.07, 6.45) is 5.03. The van der Waals surface area contributed by atoms with Crippen molar-refractivity contribution in [1.29, 1.82) is 0 Å². The first-order valence-corrected chi connectivity index (χ1v) is 7.63. The zero-order valence-electron chi connectivity index (χ0n) is 9.70. The molecule has 0 radical (unpaired) electrons. The largest absolute Gasteiger partial charge is 0.314 e. The monoisotopic (exact) mass is 234 g/mol. The van der Waals surface area contributed by atoms with Gasteiger partial charge in [-0.25, -0.2) is 8.42 Å². The third-order valence-corrected chi connectivity index (χ3v) is 3.49. The van der Waals surface area contributed by atoms with Crippen molar-refractivity contribution in [2.75, 3.05) is 38.7 Å². The van der Waals surface area contributed by atoms with Crippen LogP contribution in [0.2, 0.25) is 0 Å². The molecule has 0 unspecified atom stereocenters. The molecule has 0 heterocycles. The van der Waals surface area contributed by atoms with E-state index in [4.69, 9.17) is 0 Å². The van der Waals surface area contributed by atoms with E-state index in [0.717, 1.165) is 25.6 Å². The van der Waals surface area contributed by atoms with Gasteiger partial charge in [-0.2, -0.15) is 0 Å². The molecule has 0 aromatic rings. The van der Waals surface area contributed by atoms with Gasteiger partial charge in [0.25, 0.3) is 0 Å². The minimum atomic E-state index is -2.81. The van der Waals surface area contributed by atoms with Gasteiger partial charge in [-0.3, -0.25) is 0 Å². The van der Waals surface area contributed by atoms with Crippen LogP contribution in [0.1, 0.15) is 19.3 Å². The minimum Gasteiger partial charge on any atom is -0.314 e. The molecule has 90 valence electrons. The number of hydrogen-bond donors (Lipinski definition) is 1. The maximum atomic E-state index is 10.9. The van der Waals surface area contributed by atoms with Crippen LogP contribution in [0.5, 0.6) is 0 Å². The molecule has 1 aliphatic carbocycles. The lowest BCUT2D eigenvalue weighted by Crippen LogP contribution is -2.28. The number of sulfone groups is 1. The van der Waals surface area contributed by atoms with Gasteiger partial charge < -0.3 is 10.2 Å². The molecule has 0 amide bonds. The molecule has 0 bridgehead atoms. The summed E-state index contributed by atoms with van der Waals surface area (Å²) in [5.74, 6) is 0.263.